The zero-order chi connectivity index (χ0) is 14.8. The number of hydrogen-bond acceptors (Lipinski definition) is 5. The average molecular weight is 305 g/mol. The van der Waals surface area contributed by atoms with Crippen molar-refractivity contribution in [3.05, 3.63) is 53.6 Å². The molecule has 106 valence electrons. The second-order valence-corrected chi connectivity index (χ2v) is 4.64. The molecule has 2 aromatic heterocycles. The van der Waals surface area contributed by atoms with Gasteiger partial charge in [0.1, 0.15) is 12.1 Å². The van der Waals surface area contributed by atoms with Crippen LogP contribution in [-0.2, 0) is 0 Å². The van der Waals surface area contributed by atoms with Gasteiger partial charge in [-0.25, -0.2) is 9.37 Å². The number of aromatic nitrogens is 5. The maximum Gasteiger partial charge on any atom is 0.241 e. The molecule has 0 saturated carbocycles. The number of nitrogens with zero attached hydrogens (tertiary/aromatic N) is 5. The Morgan fingerprint density at radius 1 is 1.24 bits per heavy atom. The third-order valence-corrected chi connectivity index (χ3v) is 2.87. The van der Waals surface area contributed by atoms with Crippen molar-refractivity contribution in [3.8, 4) is 5.95 Å². The standard InChI is InChI=1S/C13H10ClFN6/c1-8-2-3-10(9(15)6-8)17-12-18-11(14)19-13(20-12)21-5-4-16-7-21/h2-7H,1H3,(H,17,18,19,20). The fourth-order valence-electron chi connectivity index (χ4n) is 1.73. The van der Waals surface area contributed by atoms with E-state index in [0.29, 0.717) is 5.95 Å². The van der Waals surface area contributed by atoms with E-state index in [-0.39, 0.29) is 16.9 Å². The molecule has 0 fully saturated rings. The van der Waals surface area contributed by atoms with Crippen molar-refractivity contribution < 1.29 is 4.39 Å². The van der Waals surface area contributed by atoms with Gasteiger partial charge >= 0.3 is 0 Å². The van der Waals surface area contributed by atoms with Crippen molar-refractivity contribution in [2.24, 2.45) is 0 Å². The predicted molar refractivity (Wildman–Crippen MR) is 76.4 cm³/mol. The van der Waals surface area contributed by atoms with Gasteiger partial charge in [0.15, 0.2) is 0 Å². The smallest absolute Gasteiger partial charge is 0.241 e. The van der Waals surface area contributed by atoms with Gasteiger partial charge in [-0.15, -0.1) is 0 Å². The Balaban J connectivity index is 1.95. The van der Waals surface area contributed by atoms with Crippen molar-refractivity contribution in [2.75, 3.05) is 5.32 Å². The van der Waals surface area contributed by atoms with Crippen LogP contribution in [0.25, 0.3) is 5.95 Å². The van der Waals surface area contributed by atoms with Crippen LogP contribution in [0.2, 0.25) is 5.28 Å². The molecular weight excluding hydrogens is 295 g/mol. The molecule has 2 heterocycles. The largest absolute Gasteiger partial charge is 0.321 e. The van der Waals surface area contributed by atoms with Gasteiger partial charge in [-0.3, -0.25) is 4.57 Å². The summed E-state index contributed by atoms with van der Waals surface area (Å²) in [6.45, 7) is 1.81. The molecule has 0 atom stereocenters. The lowest BCUT2D eigenvalue weighted by Crippen LogP contribution is -2.06. The van der Waals surface area contributed by atoms with E-state index in [1.807, 2.05) is 6.92 Å². The second kappa shape index (κ2) is 5.45. The van der Waals surface area contributed by atoms with Crippen LogP contribution in [0.3, 0.4) is 0 Å². The summed E-state index contributed by atoms with van der Waals surface area (Å²) in [6.07, 6.45) is 4.79. The Hall–Kier alpha value is -2.54. The molecule has 1 N–H and O–H groups in total. The topological polar surface area (TPSA) is 68.5 Å². The van der Waals surface area contributed by atoms with E-state index in [1.54, 1.807) is 29.1 Å². The molecule has 0 spiro atoms. The summed E-state index contributed by atoms with van der Waals surface area (Å²) in [5.74, 6) is 0.0553. The third-order valence-electron chi connectivity index (χ3n) is 2.70. The van der Waals surface area contributed by atoms with E-state index < -0.39 is 5.82 Å². The first-order chi connectivity index (χ1) is 10.1. The highest BCUT2D eigenvalue weighted by Crippen LogP contribution is 2.19. The molecule has 21 heavy (non-hydrogen) atoms. The van der Waals surface area contributed by atoms with Gasteiger partial charge in [-0.2, -0.15) is 15.0 Å². The van der Waals surface area contributed by atoms with Crippen molar-refractivity contribution in [1.82, 2.24) is 24.5 Å². The predicted octanol–water partition coefficient (Wildman–Crippen LogP) is 2.90. The molecule has 0 unspecified atom stereocenters. The van der Waals surface area contributed by atoms with Gasteiger partial charge in [0.05, 0.1) is 5.69 Å². The van der Waals surface area contributed by atoms with Gasteiger partial charge < -0.3 is 5.32 Å². The highest BCUT2D eigenvalue weighted by molar-refractivity contribution is 6.28. The molecule has 0 aliphatic carbocycles. The first-order valence-corrected chi connectivity index (χ1v) is 6.43. The maximum atomic E-state index is 13.8. The quantitative estimate of drug-likeness (QED) is 0.806. The number of halogens is 2. The van der Waals surface area contributed by atoms with Gasteiger partial charge in [-0.1, -0.05) is 6.07 Å². The molecule has 0 aliphatic rings. The van der Waals surface area contributed by atoms with Gasteiger partial charge in [0.25, 0.3) is 0 Å². The molecule has 3 rings (SSSR count). The first-order valence-electron chi connectivity index (χ1n) is 6.05. The van der Waals surface area contributed by atoms with E-state index in [9.17, 15) is 4.39 Å². The molecule has 0 amide bonds. The number of imidazole rings is 1. The van der Waals surface area contributed by atoms with Crippen LogP contribution >= 0.6 is 11.6 Å². The molecule has 1 aromatic carbocycles. The first kappa shape index (κ1) is 13.4. The highest BCUT2D eigenvalue weighted by atomic mass is 35.5. The Morgan fingerprint density at radius 3 is 2.81 bits per heavy atom. The number of anilines is 2. The lowest BCUT2D eigenvalue weighted by Gasteiger charge is -2.08. The fraction of sp³-hybridized carbons (Fsp3) is 0.0769. The summed E-state index contributed by atoms with van der Waals surface area (Å²) in [4.78, 5) is 16.0. The minimum atomic E-state index is -0.393. The molecule has 6 nitrogen and oxygen atoms in total. The zero-order valence-corrected chi connectivity index (χ0v) is 11.7. The normalized spacial score (nSPS) is 10.6. The fourth-order valence-corrected chi connectivity index (χ4v) is 1.89. The number of aryl methyl sites for hydroxylation is 1. The Kier molecular flexibility index (Phi) is 3.49. The van der Waals surface area contributed by atoms with Crippen molar-refractivity contribution in [3.63, 3.8) is 0 Å². The maximum absolute atomic E-state index is 13.8. The second-order valence-electron chi connectivity index (χ2n) is 4.31. The van der Waals surface area contributed by atoms with Crippen LogP contribution in [0.5, 0.6) is 0 Å². The van der Waals surface area contributed by atoms with E-state index in [2.05, 4.69) is 25.3 Å². The molecule has 0 saturated heterocycles. The Labute approximate surface area is 124 Å². The van der Waals surface area contributed by atoms with Crippen LogP contribution in [0.1, 0.15) is 5.56 Å². The van der Waals surface area contributed by atoms with Crippen LogP contribution in [0.15, 0.2) is 36.9 Å². The summed E-state index contributed by atoms with van der Waals surface area (Å²) in [5, 5.41) is 2.79. The number of hydrogen-bond donors (Lipinski definition) is 1. The number of nitrogens with one attached hydrogen (secondary N) is 1. The number of benzene rings is 1. The Bertz CT molecular complexity index is 774. The highest BCUT2D eigenvalue weighted by Gasteiger charge is 2.09. The molecule has 0 bridgehead atoms. The minimum Gasteiger partial charge on any atom is -0.321 e. The molecular formula is C13H10ClFN6. The van der Waals surface area contributed by atoms with Gasteiger partial charge in [-0.05, 0) is 36.2 Å². The summed E-state index contributed by atoms with van der Waals surface area (Å²) in [5.41, 5.74) is 1.09. The summed E-state index contributed by atoms with van der Waals surface area (Å²) in [7, 11) is 0. The summed E-state index contributed by atoms with van der Waals surface area (Å²) in [6, 6.07) is 4.81. The Morgan fingerprint density at radius 2 is 2.10 bits per heavy atom. The van der Waals surface area contributed by atoms with E-state index in [4.69, 9.17) is 11.6 Å². The zero-order valence-electron chi connectivity index (χ0n) is 11.0. The van der Waals surface area contributed by atoms with Crippen molar-refractivity contribution in [1.29, 1.82) is 0 Å². The van der Waals surface area contributed by atoms with E-state index >= 15 is 0 Å². The minimum absolute atomic E-state index is 0.00344. The van der Waals surface area contributed by atoms with Crippen LogP contribution in [0, 0.1) is 12.7 Å². The summed E-state index contributed by atoms with van der Waals surface area (Å²) >= 11 is 5.87. The lowest BCUT2D eigenvalue weighted by atomic mass is 10.2. The third kappa shape index (κ3) is 2.97. The molecule has 0 radical (unpaired) electrons. The van der Waals surface area contributed by atoms with E-state index in [0.717, 1.165) is 5.56 Å². The SMILES string of the molecule is Cc1ccc(Nc2nc(Cl)nc(-n3ccnc3)n2)c(F)c1. The van der Waals surface area contributed by atoms with Crippen LogP contribution < -0.4 is 5.32 Å². The average Bonchev–Trinajstić information content (AvgIpc) is 2.95. The van der Waals surface area contributed by atoms with Crippen molar-refractivity contribution >= 4 is 23.2 Å². The molecule has 8 heteroatoms. The van der Waals surface area contributed by atoms with Gasteiger partial charge in [0, 0.05) is 12.4 Å². The van der Waals surface area contributed by atoms with Crippen LogP contribution in [-0.4, -0.2) is 24.5 Å². The van der Waals surface area contributed by atoms with E-state index in [1.165, 1.54) is 12.4 Å². The monoisotopic (exact) mass is 304 g/mol. The lowest BCUT2D eigenvalue weighted by molar-refractivity contribution is 0.630. The summed E-state index contributed by atoms with van der Waals surface area (Å²) < 4.78 is 15.4. The number of rotatable bonds is 3. The van der Waals surface area contributed by atoms with Gasteiger partial charge in [0.2, 0.25) is 17.2 Å². The molecule has 3 aromatic rings. The van der Waals surface area contributed by atoms with Crippen molar-refractivity contribution in [2.45, 2.75) is 6.92 Å². The molecule has 0 aliphatic heterocycles. The van der Waals surface area contributed by atoms with Crippen LogP contribution in [0.4, 0.5) is 16.0 Å².